The summed E-state index contributed by atoms with van der Waals surface area (Å²) in [5.74, 6) is 0.889. The fourth-order valence-electron chi connectivity index (χ4n) is 5.55. The normalized spacial score (nSPS) is 11.7. The molecular formula is C38H74O2. The number of rotatable bonds is 33. The molecule has 0 bridgehead atoms. The highest BCUT2D eigenvalue weighted by Gasteiger charge is 2.03. The van der Waals surface area contributed by atoms with E-state index in [4.69, 9.17) is 4.74 Å². The molecule has 0 heterocycles. The SMILES string of the molecule is CCCCCCCCC=CCCCCCCCCCCCC(=O)OCCCCCCCCCCCCCC(C)C. The molecule has 0 aromatic rings. The van der Waals surface area contributed by atoms with Crippen molar-refractivity contribution in [3.8, 4) is 0 Å². The van der Waals surface area contributed by atoms with Gasteiger partial charge in [0.15, 0.2) is 0 Å². The van der Waals surface area contributed by atoms with Gasteiger partial charge in [0, 0.05) is 6.42 Å². The monoisotopic (exact) mass is 563 g/mol. The molecule has 2 nitrogen and oxygen atoms in total. The zero-order valence-electron chi connectivity index (χ0n) is 28.0. The van der Waals surface area contributed by atoms with Gasteiger partial charge < -0.3 is 4.74 Å². The van der Waals surface area contributed by atoms with Crippen LogP contribution in [0, 0.1) is 5.92 Å². The average Bonchev–Trinajstić information content (AvgIpc) is 2.94. The quantitative estimate of drug-likeness (QED) is 0.0451. The molecule has 0 rings (SSSR count). The summed E-state index contributed by atoms with van der Waals surface area (Å²) in [4.78, 5) is 11.9. The van der Waals surface area contributed by atoms with E-state index in [-0.39, 0.29) is 5.97 Å². The van der Waals surface area contributed by atoms with Gasteiger partial charge in [0.1, 0.15) is 0 Å². The van der Waals surface area contributed by atoms with Crippen molar-refractivity contribution in [2.24, 2.45) is 5.92 Å². The van der Waals surface area contributed by atoms with Crippen LogP contribution in [0.15, 0.2) is 12.2 Å². The number of allylic oxidation sites excluding steroid dienone is 2. The number of carbonyl (C=O) groups excluding carboxylic acids is 1. The van der Waals surface area contributed by atoms with Gasteiger partial charge in [-0.3, -0.25) is 4.79 Å². The fourth-order valence-corrected chi connectivity index (χ4v) is 5.55. The summed E-state index contributed by atoms with van der Waals surface area (Å²) in [7, 11) is 0. The summed E-state index contributed by atoms with van der Waals surface area (Å²) in [6.07, 6.45) is 44.2. The lowest BCUT2D eigenvalue weighted by molar-refractivity contribution is -0.143. The Balaban J connectivity index is 3.19. The van der Waals surface area contributed by atoms with Gasteiger partial charge in [-0.05, 0) is 44.4 Å². The van der Waals surface area contributed by atoms with Crippen molar-refractivity contribution in [1.29, 1.82) is 0 Å². The predicted molar refractivity (Wildman–Crippen MR) is 179 cm³/mol. The van der Waals surface area contributed by atoms with Crippen LogP contribution in [-0.2, 0) is 9.53 Å². The van der Waals surface area contributed by atoms with Crippen LogP contribution in [0.4, 0.5) is 0 Å². The molecule has 0 saturated heterocycles. The molecule has 0 saturated carbocycles. The van der Waals surface area contributed by atoms with Gasteiger partial charge in [0.25, 0.3) is 0 Å². The van der Waals surface area contributed by atoms with E-state index in [1.54, 1.807) is 0 Å². The first-order valence-electron chi connectivity index (χ1n) is 18.5. The maximum atomic E-state index is 11.9. The molecule has 0 aliphatic heterocycles. The molecular weight excluding hydrogens is 488 g/mol. The third kappa shape index (κ3) is 35.2. The van der Waals surface area contributed by atoms with Crippen molar-refractivity contribution in [1.82, 2.24) is 0 Å². The maximum Gasteiger partial charge on any atom is 0.305 e. The number of hydrogen-bond acceptors (Lipinski definition) is 2. The lowest BCUT2D eigenvalue weighted by Crippen LogP contribution is -2.05. The first-order valence-corrected chi connectivity index (χ1v) is 18.5. The smallest absolute Gasteiger partial charge is 0.305 e. The zero-order chi connectivity index (χ0) is 29.2. The van der Waals surface area contributed by atoms with E-state index in [0.29, 0.717) is 13.0 Å². The standard InChI is InChI=1S/C38H74O2/c1-4-5-6-7-8-9-10-11-12-13-14-15-16-17-20-23-26-29-32-35-38(39)40-36-33-30-27-24-21-18-19-22-25-28-31-34-37(2)3/h11-12,37H,4-10,13-36H2,1-3H3. The summed E-state index contributed by atoms with van der Waals surface area (Å²) in [6, 6.07) is 0. The average molecular weight is 563 g/mol. The summed E-state index contributed by atoms with van der Waals surface area (Å²) in [5.41, 5.74) is 0. The molecule has 0 aliphatic carbocycles. The third-order valence-corrected chi connectivity index (χ3v) is 8.33. The highest BCUT2D eigenvalue weighted by Crippen LogP contribution is 2.15. The van der Waals surface area contributed by atoms with Gasteiger partial charge >= 0.3 is 5.97 Å². The van der Waals surface area contributed by atoms with E-state index in [9.17, 15) is 4.79 Å². The van der Waals surface area contributed by atoms with Crippen molar-refractivity contribution >= 4 is 5.97 Å². The molecule has 238 valence electrons. The largest absolute Gasteiger partial charge is 0.466 e. The van der Waals surface area contributed by atoms with E-state index in [2.05, 4.69) is 32.9 Å². The fraction of sp³-hybridized carbons (Fsp3) is 0.921. The molecule has 0 unspecified atom stereocenters. The van der Waals surface area contributed by atoms with Crippen LogP contribution in [0.3, 0.4) is 0 Å². The first kappa shape index (κ1) is 39.2. The second-order valence-corrected chi connectivity index (χ2v) is 13.0. The molecule has 40 heavy (non-hydrogen) atoms. The Hall–Kier alpha value is -0.790. The Morgan fingerprint density at radius 3 is 1.32 bits per heavy atom. The molecule has 0 aliphatic rings. The second-order valence-electron chi connectivity index (χ2n) is 13.0. The number of esters is 1. The summed E-state index contributed by atoms with van der Waals surface area (Å²) >= 11 is 0. The topological polar surface area (TPSA) is 26.3 Å². The molecule has 0 spiro atoms. The van der Waals surface area contributed by atoms with Crippen molar-refractivity contribution in [2.45, 2.75) is 213 Å². The minimum atomic E-state index is 0.0226. The maximum absolute atomic E-state index is 11.9. The van der Waals surface area contributed by atoms with E-state index in [1.165, 1.54) is 173 Å². The molecule has 0 atom stereocenters. The van der Waals surface area contributed by atoms with Gasteiger partial charge in [0.2, 0.25) is 0 Å². The molecule has 0 N–H and O–H groups in total. The Labute approximate surface area is 253 Å². The van der Waals surface area contributed by atoms with E-state index in [1.807, 2.05) is 0 Å². The minimum Gasteiger partial charge on any atom is -0.466 e. The van der Waals surface area contributed by atoms with E-state index < -0.39 is 0 Å². The van der Waals surface area contributed by atoms with Gasteiger partial charge in [0.05, 0.1) is 6.61 Å². The highest BCUT2D eigenvalue weighted by atomic mass is 16.5. The number of unbranched alkanes of at least 4 members (excludes halogenated alkanes) is 25. The molecule has 0 aromatic heterocycles. The molecule has 2 heteroatoms. The van der Waals surface area contributed by atoms with Gasteiger partial charge in [-0.15, -0.1) is 0 Å². The lowest BCUT2D eigenvalue weighted by Gasteiger charge is -2.06. The van der Waals surface area contributed by atoms with Crippen LogP contribution in [0.1, 0.15) is 213 Å². The molecule has 0 amide bonds. The molecule has 0 aromatic carbocycles. The summed E-state index contributed by atoms with van der Waals surface area (Å²) in [5, 5.41) is 0. The predicted octanol–water partition coefficient (Wildman–Crippen LogP) is 13.5. The van der Waals surface area contributed by atoms with Crippen LogP contribution < -0.4 is 0 Å². The van der Waals surface area contributed by atoms with Crippen LogP contribution >= 0.6 is 0 Å². The molecule has 0 radical (unpaired) electrons. The van der Waals surface area contributed by atoms with Gasteiger partial charge in [-0.25, -0.2) is 0 Å². The second kappa shape index (κ2) is 34.4. The van der Waals surface area contributed by atoms with Gasteiger partial charge in [-0.2, -0.15) is 0 Å². The Morgan fingerprint density at radius 2 is 0.875 bits per heavy atom. The van der Waals surface area contributed by atoms with Crippen molar-refractivity contribution in [3.05, 3.63) is 12.2 Å². The van der Waals surface area contributed by atoms with Gasteiger partial charge in [-0.1, -0.05) is 181 Å². The summed E-state index contributed by atoms with van der Waals surface area (Å²) in [6.45, 7) is 7.57. The van der Waals surface area contributed by atoms with E-state index in [0.717, 1.165) is 18.8 Å². The lowest BCUT2D eigenvalue weighted by atomic mass is 10.0. The van der Waals surface area contributed by atoms with Crippen molar-refractivity contribution < 1.29 is 9.53 Å². The third-order valence-electron chi connectivity index (χ3n) is 8.33. The van der Waals surface area contributed by atoms with Crippen LogP contribution in [-0.4, -0.2) is 12.6 Å². The zero-order valence-corrected chi connectivity index (χ0v) is 28.0. The Morgan fingerprint density at radius 1 is 0.500 bits per heavy atom. The van der Waals surface area contributed by atoms with Crippen LogP contribution in [0.2, 0.25) is 0 Å². The Kier molecular flexibility index (Phi) is 33.7. The highest BCUT2D eigenvalue weighted by molar-refractivity contribution is 5.69. The summed E-state index contributed by atoms with van der Waals surface area (Å²) < 4.78 is 5.44. The van der Waals surface area contributed by atoms with Crippen molar-refractivity contribution in [2.75, 3.05) is 6.61 Å². The van der Waals surface area contributed by atoms with Crippen LogP contribution in [0.25, 0.3) is 0 Å². The number of ether oxygens (including phenoxy) is 1. The number of carbonyl (C=O) groups is 1. The minimum absolute atomic E-state index is 0.0226. The van der Waals surface area contributed by atoms with E-state index >= 15 is 0 Å². The first-order chi connectivity index (χ1) is 19.7. The number of hydrogen-bond donors (Lipinski definition) is 0. The molecule has 0 fully saturated rings. The Bertz CT molecular complexity index is 510. The van der Waals surface area contributed by atoms with Crippen LogP contribution in [0.5, 0.6) is 0 Å². The van der Waals surface area contributed by atoms with Crippen molar-refractivity contribution in [3.63, 3.8) is 0 Å².